The third-order valence-corrected chi connectivity index (χ3v) is 5.23. The summed E-state index contributed by atoms with van der Waals surface area (Å²) in [5.41, 5.74) is -0.357. The van der Waals surface area contributed by atoms with E-state index >= 15 is 0 Å². The standard InChI is InChI=1S/C20H25N3O6/c24-15-8-10-23(20(28)18(15)19(27)22-11-17(25)26)12-13-4-6-14(7-5-13)29-16-3-1-2-9-21-16/h1-3,9,13-14,24H,4-8,10-12H2,(H,22,27)(H,25,26)/t13-,14-. The number of nitrogens with zero attached hydrogens (tertiary/aromatic N) is 2. The van der Waals surface area contributed by atoms with Gasteiger partial charge in [-0.15, -0.1) is 0 Å². The number of carboxylic acid groups (broad SMARTS) is 1. The van der Waals surface area contributed by atoms with Crippen molar-refractivity contribution in [2.75, 3.05) is 19.6 Å². The number of carboxylic acids is 1. The molecule has 9 heteroatoms. The third-order valence-electron chi connectivity index (χ3n) is 5.23. The molecule has 0 atom stereocenters. The highest BCUT2D eigenvalue weighted by molar-refractivity contribution is 6.19. The van der Waals surface area contributed by atoms with Crippen LogP contribution in [0.15, 0.2) is 35.7 Å². The van der Waals surface area contributed by atoms with Gasteiger partial charge >= 0.3 is 5.97 Å². The first-order valence-corrected chi connectivity index (χ1v) is 9.73. The van der Waals surface area contributed by atoms with E-state index in [-0.39, 0.29) is 29.8 Å². The highest BCUT2D eigenvalue weighted by Gasteiger charge is 2.34. The van der Waals surface area contributed by atoms with Crippen LogP contribution in [0.2, 0.25) is 0 Å². The van der Waals surface area contributed by atoms with Crippen molar-refractivity contribution in [2.24, 2.45) is 5.92 Å². The molecular formula is C20H25N3O6. The van der Waals surface area contributed by atoms with Gasteiger partial charge in [-0.1, -0.05) is 6.07 Å². The molecular weight excluding hydrogens is 378 g/mol. The number of aliphatic carboxylic acids is 1. The number of aromatic nitrogens is 1. The summed E-state index contributed by atoms with van der Waals surface area (Å²) in [6, 6.07) is 5.54. The van der Waals surface area contributed by atoms with E-state index in [4.69, 9.17) is 9.84 Å². The second-order valence-electron chi connectivity index (χ2n) is 7.33. The summed E-state index contributed by atoms with van der Waals surface area (Å²) in [6.07, 6.45) is 5.46. The summed E-state index contributed by atoms with van der Waals surface area (Å²) >= 11 is 0. The molecule has 1 aromatic heterocycles. The number of aliphatic hydroxyl groups is 1. The van der Waals surface area contributed by atoms with Crippen LogP contribution in [-0.4, -0.2) is 63.6 Å². The second kappa shape index (κ2) is 9.40. The summed E-state index contributed by atoms with van der Waals surface area (Å²) in [6.45, 7) is 0.228. The minimum atomic E-state index is -1.22. The number of pyridine rings is 1. The molecule has 29 heavy (non-hydrogen) atoms. The molecule has 2 aliphatic rings. The Balaban J connectivity index is 1.51. The molecule has 2 heterocycles. The van der Waals surface area contributed by atoms with Gasteiger partial charge in [-0.25, -0.2) is 4.98 Å². The van der Waals surface area contributed by atoms with Crippen LogP contribution in [0.3, 0.4) is 0 Å². The van der Waals surface area contributed by atoms with E-state index in [9.17, 15) is 19.5 Å². The topological polar surface area (TPSA) is 129 Å². The zero-order valence-electron chi connectivity index (χ0n) is 16.0. The Morgan fingerprint density at radius 3 is 2.66 bits per heavy atom. The molecule has 156 valence electrons. The van der Waals surface area contributed by atoms with Gasteiger partial charge in [0.05, 0.1) is 0 Å². The van der Waals surface area contributed by atoms with Crippen LogP contribution in [0.5, 0.6) is 5.88 Å². The van der Waals surface area contributed by atoms with Crippen molar-refractivity contribution >= 4 is 17.8 Å². The minimum Gasteiger partial charge on any atom is -0.511 e. The Labute approximate surface area is 168 Å². The highest BCUT2D eigenvalue weighted by atomic mass is 16.5. The summed E-state index contributed by atoms with van der Waals surface area (Å²) in [5.74, 6) is -2.02. The van der Waals surface area contributed by atoms with Gasteiger partial charge in [0.2, 0.25) is 5.88 Å². The van der Waals surface area contributed by atoms with Crippen LogP contribution in [0.25, 0.3) is 0 Å². The molecule has 1 aliphatic heterocycles. The number of ether oxygens (including phenoxy) is 1. The molecule has 1 aliphatic carbocycles. The van der Waals surface area contributed by atoms with Crippen molar-refractivity contribution in [3.05, 3.63) is 35.7 Å². The third kappa shape index (κ3) is 5.46. The van der Waals surface area contributed by atoms with E-state index < -0.39 is 24.3 Å². The van der Waals surface area contributed by atoms with E-state index in [2.05, 4.69) is 10.3 Å². The number of rotatable bonds is 7. The average molecular weight is 403 g/mol. The molecule has 0 spiro atoms. The Bertz CT molecular complexity index is 787. The van der Waals surface area contributed by atoms with Crippen LogP contribution < -0.4 is 10.1 Å². The largest absolute Gasteiger partial charge is 0.511 e. The Morgan fingerprint density at radius 1 is 1.24 bits per heavy atom. The van der Waals surface area contributed by atoms with Crippen LogP contribution in [0.4, 0.5) is 0 Å². The molecule has 1 fully saturated rings. The number of carbonyl (C=O) groups excluding carboxylic acids is 2. The fourth-order valence-electron chi connectivity index (χ4n) is 3.73. The molecule has 0 radical (unpaired) electrons. The van der Waals surface area contributed by atoms with Crippen LogP contribution in [-0.2, 0) is 14.4 Å². The van der Waals surface area contributed by atoms with Crippen molar-refractivity contribution in [2.45, 2.75) is 38.2 Å². The summed E-state index contributed by atoms with van der Waals surface area (Å²) in [7, 11) is 0. The maximum absolute atomic E-state index is 12.7. The lowest BCUT2D eigenvalue weighted by Crippen LogP contribution is -2.45. The lowest BCUT2D eigenvalue weighted by Gasteiger charge is -2.34. The predicted octanol–water partition coefficient (Wildman–Crippen LogP) is 1.26. The van der Waals surface area contributed by atoms with Gasteiger partial charge in [0.1, 0.15) is 24.0 Å². The number of aliphatic hydroxyl groups excluding tert-OH is 1. The number of hydrogen-bond acceptors (Lipinski definition) is 6. The molecule has 0 saturated heterocycles. The monoisotopic (exact) mass is 403 g/mol. The fraction of sp³-hybridized carbons (Fsp3) is 0.500. The Hall–Kier alpha value is -3.10. The first kappa shape index (κ1) is 20.6. The van der Waals surface area contributed by atoms with Crippen molar-refractivity contribution in [3.63, 3.8) is 0 Å². The van der Waals surface area contributed by atoms with Crippen molar-refractivity contribution in [3.8, 4) is 5.88 Å². The van der Waals surface area contributed by atoms with Crippen molar-refractivity contribution in [1.29, 1.82) is 0 Å². The normalized spacial score (nSPS) is 22.3. The van der Waals surface area contributed by atoms with Gasteiger partial charge in [-0.2, -0.15) is 0 Å². The quantitative estimate of drug-likeness (QED) is 0.585. The molecule has 0 bridgehead atoms. The number of nitrogens with one attached hydrogen (secondary N) is 1. The zero-order chi connectivity index (χ0) is 20.8. The molecule has 1 saturated carbocycles. The summed E-state index contributed by atoms with van der Waals surface area (Å²) in [4.78, 5) is 41.1. The van der Waals surface area contributed by atoms with E-state index in [1.54, 1.807) is 11.1 Å². The lowest BCUT2D eigenvalue weighted by atomic mass is 9.86. The van der Waals surface area contributed by atoms with Gasteiger partial charge in [-0.05, 0) is 37.7 Å². The molecule has 3 rings (SSSR count). The summed E-state index contributed by atoms with van der Waals surface area (Å²) < 4.78 is 5.89. The molecule has 3 N–H and O–H groups in total. The Morgan fingerprint density at radius 2 is 2.00 bits per heavy atom. The van der Waals surface area contributed by atoms with E-state index in [1.165, 1.54) is 0 Å². The van der Waals surface area contributed by atoms with Gasteiger partial charge in [-0.3, -0.25) is 14.4 Å². The van der Waals surface area contributed by atoms with Crippen molar-refractivity contribution < 1.29 is 29.3 Å². The average Bonchev–Trinajstić information content (AvgIpc) is 2.71. The van der Waals surface area contributed by atoms with Crippen LogP contribution >= 0.6 is 0 Å². The SMILES string of the molecule is O=C(O)CNC(=O)C1=C(O)CCN(C[C@H]2CC[C@H](Oc3ccccn3)CC2)C1=O. The number of hydrogen-bond donors (Lipinski definition) is 3. The first-order valence-electron chi connectivity index (χ1n) is 9.73. The fourth-order valence-corrected chi connectivity index (χ4v) is 3.73. The maximum Gasteiger partial charge on any atom is 0.322 e. The number of carbonyl (C=O) groups is 3. The molecule has 1 aromatic rings. The summed E-state index contributed by atoms with van der Waals surface area (Å²) in [5, 5.41) is 20.8. The predicted molar refractivity (Wildman–Crippen MR) is 102 cm³/mol. The Kier molecular flexibility index (Phi) is 6.69. The van der Waals surface area contributed by atoms with Crippen LogP contribution in [0, 0.1) is 5.92 Å². The molecule has 0 aromatic carbocycles. The second-order valence-corrected chi connectivity index (χ2v) is 7.33. The lowest BCUT2D eigenvalue weighted by molar-refractivity contribution is -0.138. The van der Waals surface area contributed by atoms with Crippen molar-refractivity contribution in [1.82, 2.24) is 15.2 Å². The number of amides is 2. The van der Waals surface area contributed by atoms with Crippen LogP contribution in [0.1, 0.15) is 32.1 Å². The zero-order valence-corrected chi connectivity index (χ0v) is 16.0. The van der Waals surface area contributed by atoms with Gasteiger partial charge in [0.25, 0.3) is 11.8 Å². The van der Waals surface area contributed by atoms with E-state index in [0.717, 1.165) is 25.7 Å². The van der Waals surface area contributed by atoms with Gasteiger partial charge in [0.15, 0.2) is 0 Å². The minimum absolute atomic E-state index is 0.0968. The molecule has 9 nitrogen and oxygen atoms in total. The first-order chi connectivity index (χ1) is 13.9. The smallest absolute Gasteiger partial charge is 0.322 e. The molecule has 2 amide bonds. The van der Waals surface area contributed by atoms with E-state index in [0.29, 0.717) is 19.0 Å². The maximum atomic E-state index is 12.7. The molecule has 0 unspecified atom stereocenters. The van der Waals surface area contributed by atoms with E-state index in [1.807, 2.05) is 18.2 Å². The van der Waals surface area contributed by atoms with Gasteiger partial charge < -0.3 is 25.2 Å². The highest BCUT2D eigenvalue weighted by Crippen LogP contribution is 2.29. The van der Waals surface area contributed by atoms with Gasteiger partial charge in [0, 0.05) is 31.8 Å².